The van der Waals surface area contributed by atoms with Crippen molar-refractivity contribution in [2.24, 2.45) is 0 Å². The number of nitrogens with one attached hydrogen (secondary N) is 1. The highest BCUT2D eigenvalue weighted by molar-refractivity contribution is 8.00. The number of thioether (sulfide) groups is 1. The van der Waals surface area contributed by atoms with Gasteiger partial charge in [-0.15, -0.1) is 11.8 Å². The van der Waals surface area contributed by atoms with E-state index in [2.05, 4.69) is 78.0 Å². The summed E-state index contributed by atoms with van der Waals surface area (Å²) in [4.78, 5) is 40.2. The maximum absolute atomic E-state index is 12.3. The lowest BCUT2D eigenvalue weighted by molar-refractivity contribution is -0.150. The Morgan fingerprint density at radius 3 is 2.14 bits per heavy atom. The molecule has 1 unspecified atom stereocenters. The van der Waals surface area contributed by atoms with E-state index in [1.54, 1.807) is 6.92 Å². The van der Waals surface area contributed by atoms with Crippen LogP contribution in [-0.4, -0.2) is 45.3 Å². The Bertz CT molecular complexity index is 1220. The van der Waals surface area contributed by atoms with Crippen LogP contribution < -0.4 is 16.7 Å². The minimum absolute atomic E-state index is 0.00982. The van der Waals surface area contributed by atoms with Gasteiger partial charge in [-0.05, 0) is 57.9 Å². The Kier molecular flexibility index (Phi) is 18.2. The maximum atomic E-state index is 12.3. The highest BCUT2D eigenvalue weighted by Gasteiger charge is 2.29. The Hall–Kier alpha value is -3.63. The number of carbonyl (C=O) groups is 2. The molecule has 1 fully saturated rings. The third kappa shape index (κ3) is 16.0. The van der Waals surface area contributed by atoms with Gasteiger partial charge in [0.2, 0.25) is 5.91 Å². The molecule has 2 rings (SSSR count). The van der Waals surface area contributed by atoms with E-state index in [0.717, 1.165) is 38.5 Å². The third-order valence-electron chi connectivity index (χ3n) is 6.12. The average molecular weight is 611 g/mol. The van der Waals surface area contributed by atoms with Crippen LogP contribution in [0.4, 0.5) is 5.82 Å². The zero-order chi connectivity index (χ0) is 31.1. The van der Waals surface area contributed by atoms with Gasteiger partial charge in [-0.3, -0.25) is 9.36 Å². The predicted octanol–water partition coefficient (Wildman–Crippen LogP) is 5.94. The van der Waals surface area contributed by atoms with E-state index in [1.807, 2.05) is 12.2 Å². The number of ether oxygens (including phenoxy) is 2. The molecular weight excluding hydrogens is 564 g/mol. The molecule has 0 spiro atoms. The summed E-state index contributed by atoms with van der Waals surface area (Å²) in [6.07, 6.45) is 33.3. The van der Waals surface area contributed by atoms with E-state index in [-0.39, 0.29) is 24.8 Å². The number of aromatic nitrogens is 2. The quantitative estimate of drug-likeness (QED) is 0.146. The second kappa shape index (κ2) is 22.0. The molecule has 1 aromatic heterocycles. The van der Waals surface area contributed by atoms with E-state index in [0.29, 0.717) is 12.2 Å². The van der Waals surface area contributed by atoms with Crippen molar-refractivity contribution in [2.75, 3.05) is 18.1 Å². The predicted molar refractivity (Wildman–Crippen MR) is 175 cm³/mol. The number of esters is 1. The highest BCUT2D eigenvalue weighted by Crippen LogP contribution is 2.31. The zero-order valence-corrected chi connectivity index (χ0v) is 26.1. The fraction of sp³-hybridized carbons (Fsp3) is 0.455. The molecule has 10 heteroatoms. The van der Waals surface area contributed by atoms with E-state index < -0.39 is 29.4 Å². The number of hydrogen-bond acceptors (Lipinski definition) is 8. The van der Waals surface area contributed by atoms with Crippen molar-refractivity contribution < 1.29 is 19.1 Å². The number of hydrogen-bond donors (Lipinski definition) is 2. The second-order valence-corrected chi connectivity index (χ2v) is 11.0. The van der Waals surface area contributed by atoms with Crippen LogP contribution in [0.15, 0.2) is 90.0 Å². The molecule has 0 saturated carbocycles. The summed E-state index contributed by atoms with van der Waals surface area (Å²) in [6, 6.07) is 0.749. The van der Waals surface area contributed by atoms with Gasteiger partial charge in [0.1, 0.15) is 30.1 Å². The van der Waals surface area contributed by atoms with Crippen LogP contribution in [-0.2, 0) is 19.1 Å². The normalized spacial score (nSPS) is 18.3. The topological polar surface area (TPSA) is 126 Å². The van der Waals surface area contributed by atoms with E-state index in [1.165, 1.54) is 28.6 Å². The first-order valence-corrected chi connectivity index (χ1v) is 15.9. The second-order valence-electron chi connectivity index (χ2n) is 9.77. The molecule has 1 aliphatic heterocycles. The Morgan fingerprint density at radius 2 is 1.58 bits per heavy atom. The van der Waals surface area contributed by atoms with E-state index in [9.17, 15) is 14.4 Å². The van der Waals surface area contributed by atoms with Gasteiger partial charge in [-0.2, -0.15) is 4.98 Å². The maximum Gasteiger partial charge on any atom is 0.351 e. The molecule has 0 aliphatic carbocycles. The molecule has 9 nitrogen and oxygen atoms in total. The van der Waals surface area contributed by atoms with Gasteiger partial charge in [0.05, 0.1) is 0 Å². The lowest BCUT2D eigenvalue weighted by atomic mass is 10.2. The fourth-order valence-electron chi connectivity index (χ4n) is 3.82. The van der Waals surface area contributed by atoms with Crippen LogP contribution in [0.5, 0.6) is 0 Å². The average Bonchev–Trinajstić information content (AvgIpc) is 3.45. The summed E-state index contributed by atoms with van der Waals surface area (Å²) < 4.78 is 12.5. The minimum Gasteiger partial charge on any atom is -0.460 e. The number of nitrogens with two attached hydrogens (primary N) is 1. The summed E-state index contributed by atoms with van der Waals surface area (Å²) in [6.45, 7) is 3.74. The Morgan fingerprint density at radius 1 is 1.02 bits per heavy atom. The largest absolute Gasteiger partial charge is 0.460 e. The van der Waals surface area contributed by atoms with Crippen molar-refractivity contribution >= 4 is 29.5 Å². The number of rotatable bonds is 19. The SMILES string of the molecule is CCC=CCC=CCC=CCC=CCC=CCC=CCCC(=O)N[C@@H](C)C(=O)OC[C@@H]1OC(n2ccc(N)nc2=O)CS1. The van der Waals surface area contributed by atoms with Crippen molar-refractivity contribution in [3.63, 3.8) is 0 Å². The molecule has 2 heterocycles. The van der Waals surface area contributed by atoms with Gasteiger partial charge in [0, 0.05) is 18.4 Å². The lowest BCUT2D eigenvalue weighted by Gasteiger charge is -2.16. The highest BCUT2D eigenvalue weighted by atomic mass is 32.2. The van der Waals surface area contributed by atoms with Crippen molar-refractivity contribution in [3.05, 3.63) is 95.7 Å². The number of nitrogen functional groups attached to an aromatic ring is 1. The summed E-state index contributed by atoms with van der Waals surface area (Å²) in [5.74, 6) is -0.105. The molecule has 234 valence electrons. The Balaban J connectivity index is 1.50. The van der Waals surface area contributed by atoms with E-state index >= 15 is 0 Å². The first kappa shape index (κ1) is 35.6. The minimum atomic E-state index is -0.774. The smallest absolute Gasteiger partial charge is 0.351 e. The van der Waals surface area contributed by atoms with Crippen molar-refractivity contribution in [1.82, 2.24) is 14.9 Å². The molecular formula is C33H46N4O5S. The number of amides is 1. The molecule has 1 amide bonds. The van der Waals surface area contributed by atoms with Crippen LogP contribution in [0.3, 0.4) is 0 Å². The summed E-state index contributed by atoms with van der Waals surface area (Å²) in [7, 11) is 0. The van der Waals surface area contributed by atoms with Crippen molar-refractivity contribution in [3.8, 4) is 0 Å². The van der Waals surface area contributed by atoms with E-state index in [4.69, 9.17) is 15.2 Å². The molecule has 43 heavy (non-hydrogen) atoms. The number of anilines is 1. The van der Waals surface area contributed by atoms with Gasteiger partial charge in [-0.1, -0.05) is 79.8 Å². The molecule has 0 bridgehead atoms. The van der Waals surface area contributed by atoms with Gasteiger partial charge < -0.3 is 20.5 Å². The van der Waals surface area contributed by atoms with Gasteiger partial charge >= 0.3 is 11.7 Å². The van der Waals surface area contributed by atoms with Gasteiger partial charge in [0.25, 0.3) is 0 Å². The summed E-state index contributed by atoms with van der Waals surface area (Å²) in [5, 5.41) is 2.67. The molecule has 3 atom stereocenters. The monoisotopic (exact) mass is 610 g/mol. The lowest BCUT2D eigenvalue weighted by Crippen LogP contribution is -2.40. The van der Waals surface area contributed by atoms with Crippen LogP contribution in [0.25, 0.3) is 0 Å². The molecule has 1 aromatic rings. The first-order valence-electron chi connectivity index (χ1n) is 14.9. The number of allylic oxidation sites excluding steroid dienone is 12. The molecule has 1 aliphatic rings. The van der Waals surface area contributed by atoms with Crippen molar-refractivity contribution in [1.29, 1.82) is 0 Å². The van der Waals surface area contributed by atoms with Crippen LogP contribution in [0.1, 0.15) is 71.4 Å². The fourth-order valence-corrected chi connectivity index (χ4v) is 4.81. The number of carbonyl (C=O) groups excluding carboxylic acids is 2. The molecule has 1 saturated heterocycles. The number of nitrogens with zero attached hydrogens (tertiary/aromatic N) is 2. The standard InChI is InChI=1S/C33H46N4O5S/c1-3-4-5-6-7-8-9-10-11-12-13-14-15-16-17-18-19-20-21-22-29(38)35-27(2)32(39)41-25-31-42-30(26-43-31)37-24-23-28(34)36-33(37)40/h4-5,7-8,10-11,13-14,16-17,19-20,23-24,27,30-31H,3,6,9,12,15,18,21-22,25-26H2,1-2H3,(H,35,38)(H2,34,36,40)/t27-,30?,31+/m0/s1. The Labute approximate surface area is 259 Å². The summed E-state index contributed by atoms with van der Waals surface area (Å²) in [5.41, 5.74) is 4.60. The summed E-state index contributed by atoms with van der Waals surface area (Å²) >= 11 is 1.43. The molecule has 0 radical (unpaired) electrons. The molecule has 3 N–H and O–H groups in total. The van der Waals surface area contributed by atoms with Crippen LogP contribution in [0.2, 0.25) is 0 Å². The van der Waals surface area contributed by atoms with Crippen molar-refractivity contribution in [2.45, 2.75) is 82.9 Å². The van der Waals surface area contributed by atoms with Gasteiger partial charge in [-0.25, -0.2) is 9.59 Å². The zero-order valence-electron chi connectivity index (χ0n) is 25.3. The van der Waals surface area contributed by atoms with Gasteiger partial charge in [0.15, 0.2) is 0 Å². The van der Waals surface area contributed by atoms with Crippen LogP contribution >= 0.6 is 11.8 Å². The molecule has 0 aromatic carbocycles. The third-order valence-corrected chi connectivity index (χ3v) is 7.22. The van der Waals surface area contributed by atoms with Crippen LogP contribution in [0, 0.1) is 0 Å². The first-order chi connectivity index (χ1) is 20.9.